The van der Waals surface area contributed by atoms with Gasteiger partial charge in [-0.1, -0.05) is 12.1 Å². The van der Waals surface area contributed by atoms with Gasteiger partial charge in [-0.25, -0.2) is 0 Å². The zero-order valence-corrected chi connectivity index (χ0v) is 18.6. The summed E-state index contributed by atoms with van der Waals surface area (Å²) in [7, 11) is 0. The average molecular weight is 430 g/mol. The summed E-state index contributed by atoms with van der Waals surface area (Å²) < 4.78 is 7.59. The minimum atomic E-state index is -0.430. The first-order valence-electron chi connectivity index (χ1n) is 11.5. The maximum atomic E-state index is 10.5. The van der Waals surface area contributed by atoms with Gasteiger partial charge < -0.3 is 25.0 Å². The number of nitrogens with zero attached hydrogens (tertiary/aromatic N) is 3. The number of aromatic hydroxyl groups is 2. The molecule has 2 heterocycles. The third-order valence-electron chi connectivity index (χ3n) is 6.38. The maximum Gasteiger partial charge on any atom is 0.197 e. The van der Waals surface area contributed by atoms with Gasteiger partial charge in [-0.3, -0.25) is 9.47 Å². The van der Waals surface area contributed by atoms with Gasteiger partial charge in [0.2, 0.25) is 0 Å². The Bertz CT molecular complexity index is 887. The van der Waals surface area contributed by atoms with Gasteiger partial charge in [-0.05, 0) is 51.8 Å². The third-order valence-corrected chi connectivity index (χ3v) is 6.38. The molecule has 1 atom stereocenters. The number of anilines is 1. The van der Waals surface area contributed by atoms with Crippen LogP contribution in [0.25, 0.3) is 0 Å². The summed E-state index contributed by atoms with van der Waals surface area (Å²) in [5, 5.41) is 30.9. The van der Waals surface area contributed by atoms with Crippen molar-refractivity contribution in [1.82, 2.24) is 9.47 Å². The van der Waals surface area contributed by atoms with Gasteiger partial charge in [-0.2, -0.15) is 0 Å². The van der Waals surface area contributed by atoms with Gasteiger partial charge in [0.15, 0.2) is 11.8 Å². The van der Waals surface area contributed by atoms with Crippen molar-refractivity contribution in [2.24, 2.45) is 0 Å². The van der Waals surface area contributed by atoms with Crippen LogP contribution in [-0.4, -0.2) is 69.7 Å². The van der Waals surface area contributed by atoms with E-state index >= 15 is 0 Å². The molecule has 1 aliphatic carbocycles. The molecule has 31 heavy (non-hydrogen) atoms. The molecule has 0 saturated carbocycles. The van der Waals surface area contributed by atoms with Crippen molar-refractivity contribution in [3.63, 3.8) is 0 Å². The molecule has 1 aromatic carbocycles. The molecule has 1 saturated heterocycles. The Hall–Kier alpha value is -2.38. The highest BCUT2D eigenvalue weighted by Crippen LogP contribution is 2.38. The predicted molar refractivity (Wildman–Crippen MR) is 121 cm³/mol. The van der Waals surface area contributed by atoms with E-state index in [-0.39, 0.29) is 17.9 Å². The van der Waals surface area contributed by atoms with Crippen molar-refractivity contribution < 1.29 is 20.1 Å². The van der Waals surface area contributed by atoms with Crippen LogP contribution in [0.1, 0.15) is 37.8 Å². The molecule has 2 aromatic rings. The minimum absolute atomic E-state index is 0.123. The predicted octanol–water partition coefficient (Wildman–Crippen LogP) is 2.75. The Morgan fingerprint density at radius 2 is 1.71 bits per heavy atom. The molecular weight excluding hydrogens is 394 g/mol. The van der Waals surface area contributed by atoms with Crippen LogP contribution in [-0.2, 0) is 19.4 Å². The molecule has 1 unspecified atom stereocenters. The normalized spacial score (nSPS) is 19.6. The molecule has 1 fully saturated rings. The number of aliphatic hydroxyl groups excluding tert-OH is 1. The number of ether oxygens (including phenoxy) is 1. The molecule has 2 aliphatic rings. The zero-order valence-electron chi connectivity index (χ0n) is 18.6. The van der Waals surface area contributed by atoms with Gasteiger partial charge in [0.1, 0.15) is 5.75 Å². The van der Waals surface area contributed by atoms with E-state index in [2.05, 4.69) is 21.9 Å². The summed E-state index contributed by atoms with van der Waals surface area (Å²) in [6, 6.07) is 8.24. The standard InChI is InChI=1S/C24H35N3O4/c1-17(2)31-22-7-4-3-6-21(22)26-14-12-25(13-15-26)10-5-11-27-23(29)19-9-8-18(28)16-20(19)24(27)30/h3-4,6-7,17-18,28-30H,5,8-16H2,1-2H3. The van der Waals surface area contributed by atoms with Crippen molar-refractivity contribution >= 4 is 5.69 Å². The van der Waals surface area contributed by atoms with Crippen LogP contribution in [0.4, 0.5) is 5.69 Å². The number of fused-ring (bicyclic) bond motifs is 1. The lowest BCUT2D eigenvalue weighted by atomic mass is 9.93. The Kier molecular flexibility index (Phi) is 6.62. The number of piperazine rings is 1. The number of benzene rings is 1. The van der Waals surface area contributed by atoms with Crippen molar-refractivity contribution in [2.45, 2.75) is 58.3 Å². The molecule has 0 amide bonds. The summed E-state index contributed by atoms with van der Waals surface area (Å²) in [5.41, 5.74) is 2.68. The van der Waals surface area contributed by atoms with Crippen LogP contribution in [0.3, 0.4) is 0 Å². The summed E-state index contributed by atoms with van der Waals surface area (Å²) in [5.74, 6) is 1.24. The van der Waals surface area contributed by atoms with Gasteiger partial charge in [-0.15, -0.1) is 0 Å². The van der Waals surface area contributed by atoms with Crippen LogP contribution >= 0.6 is 0 Å². The molecule has 0 radical (unpaired) electrons. The lowest BCUT2D eigenvalue weighted by Crippen LogP contribution is -2.46. The molecular formula is C24H35N3O4. The van der Waals surface area contributed by atoms with Gasteiger partial charge >= 0.3 is 0 Å². The first-order chi connectivity index (χ1) is 14.9. The molecule has 3 N–H and O–H groups in total. The number of aliphatic hydroxyl groups is 1. The highest BCUT2D eigenvalue weighted by molar-refractivity contribution is 5.58. The summed E-state index contributed by atoms with van der Waals surface area (Å²) in [6.45, 7) is 9.44. The van der Waals surface area contributed by atoms with Crippen molar-refractivity contribution in [2.75, 3.05) is 37.6 Å². The molecule has 7 nitrogen and oxygen atoms in total. The number of hydrogen-bond donors (Lipinski definition) is 3. The Morgan fingerprint density at radius 3 is 2.45 bits per heavy atom. The maximum absolute atomic E-state index is 10.5. The lowest BCUT2D eigenvalue weighted by molar-refractivity contribution is 0.157. The molecule has 4 rings (SSSR count). The van der Waals surface area contributed by atoms with Crippen molar-refractivity contribution in [1.29, 1.82) is 0 Å². The second-order valence-electron chi connectivity index (χ2n) is 8.97. The minimum Gasteiger partial charge on any atom is -0.494 e. The quantitative estimate of drug-likeness (QED) is 0.628. The highest BCUT2D eigenvalue weighted by Gasteiger charge is 2.28. The van der Waals surface area contributed by atoms with Gasteiger partial charge in [0, 0.05) is 50.3 Å². The van der Waals surface area contributed by atoms with E-state index in [1.54, 1.807) is 4.57 Å². The molecule has 1 aromatic heterocycles. The van der Waals surface area contributed by atoms with Crippen LogP contribution in [0.15, 0.2) is 24.3 Å². The number of para-hydroxylation sites is 2. The third kappa shape index (κ3) is 4.77. The number of rotatable bonds is 7. The summed E-state index contributed by atoms with van der Waals surface area (Å²) in [4.78, 5) is 4.82. The largest absolute Gasteiger partial charge is 0.494 e. The fourth-order valence-corrected chi connectivity index (χ4v) is 4.77. The molecule has 170 valence electrons. The lowest BCUT2D eigenvalue weighted by Gasteiger charge is -2.37. The SMILES string of the molecule is CC(C)Oc1ccccc1N1CCN(CCCn2c(O)c3c(c2O)CC(O)CC3)CC1. The van der Waals surface area contributed by atoms with Gasteiger partial charge in [0.05, 0.1) is 17.9 Å². The topological polar surface area (TPSA) is 81.3 Å². The Balaban J connectivity index is 1.29. The highest BCUT2D eigenvalue weighted by atomic mass is 16.5. The Morgan fingerprint density at radius 1 is 1.00 bits per heavy atom. The first kappa shape index (κ1) is 21.8. The zero-order chi connectivity index (χ0) is 22.0. The van der Waals surface area contributed by atoms with Crippen LogP contribution < -0.4 is 9.64 Å². The monoisotopic (exact) mass is 429 g/mol. The first-order valence-corrected chi connectivity index (χ1v) is 11.5. The van der Waals surface area contributed by atoms with Crippen molar-refractivity contribution in [3.8, 4) is 17.5 Å². The van der Waals surface area contributed by atoms with E-state index in [0.717, 1.165) is 56.1 Å². The summed E-state index contributed by atoms with van der Waals surface area (Å²) >= 11 is 0. The molecule has 1 aliphatic heterocycles. The van der Waals surface area contributed by atoms with Crippen LogP contribution in [0, 0.1) is 0 Å². The van der Waals surface area contributed by atoms with Crippen LogP contribution in [0.2, 0.25) is 0 Å². The molecule has 7 heteroatoms. The molecule has 0 bridgehead atoms. The number of hydrogen-bond acceptors (Lipinski definition) is 6. The second kappa shape index (κ2) is 9.40. The van der Waals surface area contributed by atoms with E-state index in [4.69, 9.17) is 4.74 Å². The van der Waals surface area contributed by atoms with E-state index in [1.165, 1.54) is 0 Å². The Labute approximate surface area is 184 Å². The van der Waals surface area contributed by atoms with E-state index < -0.39 is 6.10 Å². The number of aromatic nitrogens is 1. The smallest absolute Gasteiger partial charge is 0.197 e. The second-order valence-corrected chi connectivity index (χ2v) is 8.97. The average Bonchev–Trinajstić information content (AvgIpc) is 2.98. The fraction of sp³-hybridized carbons (Fsp3) is 0.583. The summed E-state index contributed by atoms with van der Waals surface area (Å²) in [6.07, 6.45) is 2.25. The van der Waals surface area contributed by atoms with E-state index in [9.17, 15) is 15.3 Å². The van der Waals surface area contributed by atoms with E-state index in [1.807, 2.05) is 26.0 Å². The van der Waals surface area contributed by atoms with Crippen molar-refractivity contribution in [3.05, 3.63) is 35.4 Å². The molecule has 0 spiro atoms. The van der Waals surface area contributed by atoms with Gasteiger partial charge in [0.25, 0.3) is 0 Å². The van der Waals surface area contributed by atoms with E-state index in [0.29, 0.717) is 31.4 Å². The van der Waals surface area contributed by atoms with Crippen LogP contribution in [0.5, 0.6) is 17.5 Å². The fourth-order valence-electron chi connectivity index (χ4n) is 4.77.